The third kappa shape index (κ3) is 1.79. The number of H-pyrrole nitrogens is 1. The summed E-state index contributed by atoms with van der Waals surface area (Å²) in [7, 11) is 0. The Morgan fingerprint density at radius 2 is 2.25 bits per heavy atom. The van der Waals surface area contributed by atoms with Crippen molar-refractivity contribution in [1.29, 1.82) is 0 Å². The number of aromatic nitrogens is 3. The normalized spacial score (nSPS) is 10.3. The molecular weight excluding hydrogens is 206 g/mol. The number of nitrogens with zero attached hydrogens (tertiary/aromatic N) is 2. The smallest absolute Gasteiger partial charge is 0.294 e. The van der Waals surface area contributed by atoms with E-state index in [0.29, 0.717) is 12.2 Å². The number of hydrogen-bond donors (Lipinski definition) is 1. The Balaban J connectivity index is 2.74. The van der Waals surface area contributed by atoms with E-state index in [9.17, 15) is 9.59 Å². The Kier molecular flexibility index (Phi) is 2.68. The summed E-state index contributed by atoms with van der Waals surface area (Å²) in [6, 6.07) is 4.98. The first-order valence-corrected chi connectivity index (χ1v) is 4.97. The van der Waals surface area contributed by atoms with Crippen LogP contribution in [0.4, 0.5) is 0 Å². The molecule has 0 aromatic carbocycles. The van der Waals surface area contributed by atoms with Crippen LogP contribution in [0.15, 0.2) is 40.2 Å². The Hall–Kier alpha value is -2.17. The molecule has 0 saturated heterocycles. The van der Waals surface area contributed by atoms with Crippen molar-refractivity contribution in [1.82, 2.24) is 14.5 Å². The molecule has 2 aromatic rings. The molecule has 0 unspecified atom stereocenters. The summed E-state index contributed by atoms with van der Waals surface area (Å²) < 4.78 is 1.50. The number of pyridine rings is 1. The molecule has 0 spiro atoms. The van der Waals surface area contributed by atoms with E-state index in [1.807, 2.05) is 13.0 Å². The predicted octanol–water partition coefficient (Wildman–Crippen LogP) is 0.618. The maximum Gasteiger partial charge on any atom is 0.328 e. The van der Waals surface area contributed by atoms with Gasteiger partial charge in [0, 0.05) is 30.6 Å². The number of rotatable bonds is 2. The molecule has 0 aliphatic rings. The zero-order valence-electron chi connectivity index (χ0n) is 8.80. The van der Waals surface area contributed by atoms with E-state index in [-0.39, 0.29) is 0 Å². The molecule has 0 atom stereocenters. The summed E-state index contributed by atoms with van der Waals surface area (Å²) >= 11 is 0. The zero-order valence-corrected chi connectivity index (χ0v) is 8.80. The summed E-state index contributed by atoms with van der Waals surface area (Å²) in [6.45, 7) is 2.35. The van der Waals surface area contributed by atoms with E-state index in [2.05, 4.69) is 9.97 Å². The summed E-state index contributed by atoms with van der Waals surface area (Å²) in [5.74, 6) is 0. The highest BCUT2D eigenvalue weighted by Crippen LogP contribution is 2.13. The summed E-state index contributed by atoms with van der Waals surface area (Å²) in [4.78, 5) is 29.0. The van der Waals surface area contributed by atoms with Crippen LogP contribution in [0.1, 0.15) is 6.92 Å². The molecule has 0 aliphatic carbocycles. The van der Waals surface area contributed by atoms with E-state index < -0.39 is 11.2 Å². The molecule has 2 heterocycles. The molecule has 82 valence electrons. The van der Waals surface area contributed by atoms with Crippen molar-refractivity contribution in [2.24, 2.45) is 0 Å². The first kappa shape index (κ1) is 10.4. The van der Waals surface area contributed by atoms with Gasteiger partial charge in [-0.25, -0.2) is 4.79 Å². The molecule has 1 N–H and O–H groups in total. The second-order valence-electron chi connectivity index (χ2n) is 3.31. The largest absolute Gasteiger partial charge is 0.328 e. The highest BCUT2D eigenvalue weighted by molar-refractivity contribution is 5.57. The fraction of sp³-hybridized carbons (Fsp3) is 0.182. The van der Waals surface area contributed by atoms with Gasteiger partial charge in [0.15, 0.2) is 0 Å². The predicted molar refractivity (Wildman–Crippen MR) is 60.2 cm³/mol. The average molecular weight is 217 g/mol. The molecule has 0 bridgehead atoms. The molecule has 0 saturated carbocycles. The van der Waals surface area contributed by atoms with Gasteiger partial charge in [0.1, 0.15) is 0 Å². The van der Waals surface area contributed by atoms with Gasteiger partial charge in [0.25, 0.3) is 5.56 Å². The van der Waals surface area contributed by atoms with Crippen LogP contribution in [0, 0.1) is 0 Å². The lowest BCUT2D eigenvalue weighted by Crippen LogP contribution is -2.30. The molecule has 0 amide bonds. The molecule has 0 fully saturated rings. The van der Waals surface area contributed by atoms with Crippen molar-refractivity contribution in [3.8, 4) is 11.3 Å². The van der Waals surface area contributed by atoms with Crippen molar-refractivity contribution in [3.05, 3.63) is 51.4 Å². The Bertz CT molecular complexity index is 599. The van der Waals surface area contributed by atoms with Crippen molar-refractivity contribution < 1.29 is 0 Å². The first-order chi connectivity index (χ1) is 7.72. The third-order valence-electron chi connectivity index (χ3n) is 2.31. The molecule has 2 aromatic heterocycles. The number of nitrogens with one attached hydrogen (secondary N) is 1. The lowest BCUT2D eigenvalue weighted by Gasteiger charge is -2.08. The van der Waals surface area contributed by atoms with Gasteiger partial charge in [0.2, 0.25) is 0 Å². The number of aromatic amines is 1. The molecule has 16 heavy (non-hydrogen) atoms. The van der Waals surface area contributed by atoms with E-state index in [4.69, 9.17) is 0 Å². The quantitative estimate of drug-likeness (QED) is 0.801. The highest BCUT2D eigenvalue weighted by atomic mass is 16.2. The van der Waals surface area contributed by atoms with Crippen LogP contribution in [0.3, 0.4) is 0 Å². The SMILES string of the molecule is CCn1c(-c2cccnc2)cc(=O)[nH]c1=O. The van der Waals surface area contributed by atoms with Crippen LogP contribution < -0.4 is 11.2 Å². The van der Waals surface area contributed by atoms with Crippen LogP contribution in [-0.2, 0) is 6.54 Å². The van der Waals surface area contributed by atoms with Crippen molar-refractivity contribution in [2.45, 2.75) is 13.5 Å². The average Bonchev–Trinajstić information content (AvgIpc) is 2.29. The van der Waals surface area contributed by atoms with Gasteiger partial charge in [-0.15, -0.1) is 0 Å². The number of hydrogen-bond acceptors (Lipinski definition) is 3. The summed E-state index contributed by atoms with van der Waals surface area (Å²) in [5.41, 5.74) is 0.555. The van der Waals surface area contributed by atoms with Crippen LogP contribution in [0.25, 0.3) is 11.3 Å². The zero-order chi connectivity index (χ0) is 11.5. The van der Waals surface area contributed by atoms with Gasteiger partial charge in [0.05, 0.1) is 5.69 Å². The minimum atomic E-state index is -0.395. The van der Waals surface area contributed by atoms with Crippen LogP contribution in [0.5, 0.6) is 0 Å². The van der Waals surface area contributed by atoms with Gasteiger partial charge in [-0.05, 0) is 19.1 Å². The second kappa shape index (κ2) is 4.14. The molecular formula is C11H11N3O2. The summed E-state index contributed by atoms with van der Waals surface area (Å²) in [6.07, 6.45) is 3.27. The maximum atomic E-state index is 11.6. The van der Waals surface area contributed by atoms with E-state index >= 15 is 0 Å². The molecule has 0 aliphatic heterocycles. The molecule has 5 nitrogen and oxygen atoms in total. The van der Waals surface area contributed by atoms with E-state index in [1.54, 1.807) is 18.5 Å². The van der Waals surface area contributed by atoms with E-state index in [1.165, 1.54) is 10.6 Å². The Morgan fingerprint density at radius 1 is 1.44 bits per heavy atom. The standard InChI is InChI=1S/C11H11N3O2/c1-2-14-9(6-10(15)13-11(14)16)8-4-3-5-12-7-8/h3-7H,2H2,1H3,(H,13,15,16). The lowest BCUT2D eigenvalue weighted by molar-refractivity contribution is 0.701. The molecule has 5 heteroatoms. The molecule has 2 rings (SSSR count). The van der Waals surface area contributed by atoms with Crippen LogP contribution in [0.2, 0.25) is 0 Å². The first-order valence-electron chi connectivity index (χ1n) is 4.97. The fourth-order valence-corrected chi connectivity index (χ4v) is 1.59. The Morgan fingerprint density at radius 3 is 2.88 bits per heavy atom. The van der Waals surface area contributed by atoms with E-state index in [0.717, 1.165) is 5.56 Å². The monoisotopic (exact) mass is 217 g/mol. The fourth-order valence-electron chi connectivity index (χ4n) is 1.59. The van der Waals surface area contributed by atoms with Crippen LogP contribution >= 0.6 is 0 Å². The maximum absolute atomic E-state index is 11.6. The van der Waals surface area contributed by atoms with Gasteiger partial charge >= 0.3 is 5.69 Å². The van der Waals surface area contributed by atoms with Crippen molar-refractivity contribution in [2.75, 3.05) is 0 Å². The highest BCUT2D eigenvalue weighted by Gasteiger charge is 2.06. The second-order valence-corrected chi connectivity index (χ2v) is 3.31. The molecule has 0 radical (unpaired) electrons. The van der Waals surface area contributed by atoms with Gasteiger partial charge in [-0.1, -0.05) is 0 Å². The summed E-state index contributed by atoms with van der Waals surface area (Å²) in [5, 5.41) is 0. The van der Waals surface area contributed by atoms with Gasteiger partial charge in [-0.2, -0.15) is 0 Å². The third-order valence-corrected chi connectivity index (χ3v) is 2.31. The van der Waals surface area contributed by atoms with Crippen LogP contribution in [-0.4, -0.2) is 14.5 Å². The van der Waals surface area contributed by atoms with Gasteiger partial charge in [-0.3, -0.25) is 19.3 Å². The minimum absolute atomic E-state index is 0.395. The lowest BCUT2D eigenvalue weighted by atomic mass is 10.2. The van der Waals surface area contributed by atoms with Gasteiger partial charge < -0.3 is 0 Å². The topological polar surface area (TPSA) is 67.8 Å². The van der Waals surface area contributed by atoms with Crippen molar-refractivity contribution >= 4 is 0 Å². The Labute approximate surface area is 91.4 Å². The minimum Gasteiger partial charge on any atom is -0.294 e. The van der Waals surface area contributed by atoms with Crippen molar-refractivity contribution in [3.63, 3.8) is 0 Å².